The molecule has 2 nitrogen and oxygen atoms in total. The highest BCUT2D eigenvalue weighted by Crippen LogP contribution is 2.34. The lowest BCUT2D eigenvalue weighted by atomic mass is 9.97. The first-order chi connectivity index (χ1) is 7.65. The van der Waals surface area contributed by atoms with Gasteiger partial charge in [-0.25, -0.2) is 0 Å². The zero-order valence-electron chi connectivity index (χ0n) is 9.10. The summed E-state index contributed by atoms with van der Waals surface area (Å²) in [6, 6.07) is 5.91. The first-order valence-corrected chi connectivity index (χ1v) is 6.76. The van der Waals surface area contributed by atoms with Crippen LogP contribution in [0.3, 0.4) is 0 Å². The van der Waals surface area contributed by atoms with Crippen molar-refractivity contribution in [2.75, 3.05) is 11.9 Å². The average Bonchev–Trinajstić information content (AvgIpc) is 2.73. The monoisotopic (exact) mass is 302 g/mol. The van der Waals surface area contributed by atoms with Gasteiger partial charge < -0.3 is 11.1 Å². The summed E-state index contributed by atoms with van der Waals surface area (Å²) in [6.07, 6.45) is 4.84. The third-order valence-electron chi connectivity index (χ3n) is 3.28. The van der Waals surface area contributed by atoms with E-state index in [2.05, 4.69) is 21.2 Å². The second-order valence-electron chi connectivity index (χ2n) is 4.45. The van der Waals surface area contributed by atoms with E-state index in [4.69, 9.17) is 17.3 Å². The van der Waals surface area contributed by atoms with Crippen LogP contribution in [0.2, 0.25) is 5.02 Å². The van der Waals surface area contributed by atoms with Crippen molar-refractivity contribution < 1.29 is 0 Å². The Balaban J connectivity index is 2.16. The molecule has 1 fully saturated rings. The lowest BCUT2D eigenvalue weighted by Crippen LogP contribution is -2.42. The molecule has 4 heteroatoms. The van der Waals surface area contributed by atoms with Gasteiger partial charge in [-0.3, -0.25) is 0 Å². The molecule has 0 saturated heterocycles. The Morgan fingerprint density at radius 3 is 2.62 bits per heavy atom. The molecule has 1 aromatic rings. The van der Waals surface area contributed by atoms with Gasteiger partial charge in [-0.15, -0.1) is 0 Å². The van der Waals surface area contributed by atoms with Crippen LogP contribution in [-0.4, -0.2) is 12.1 Å². The molecule has 88 valence electrons. The van der Waals surface area contributed by atoms with E-state index in [0.29, 0.717) is 6.54 Å². The Hall–Kier alpha value is -0.250. The number of halogens is 2. The Morgan fingerprint density at radius 2 is 2.06 bits per heavy atom. The van der Waals surface area contributed by atoms with Gasteiger partial charge in [0.15, 0.2) is 0 Å². The maximum absolute atomic E-state index is 5.97. The Morgan fingerprint density at radius 1 is 1.38 bits per heavy atom. The van der Waals surface area contributed by atoms with Crippen LogP contribution in [-0.2, 0) is 0 Å². The highest BCUT2D eigenvalue weighted by molar-refractivity contribution is 9.10. The maximum atomic E-state index is 5.97. The fourth-order valence-electron chi connectivity index (χ4n) is 2.31. The summed E-state index contributed by atoms with van der Waals surface area (Å²) in [5, 5.41) is 4.29. The predicted molar refractivity (Wildman–Crippen MR) is 73.0 cm³/mol. The van der Waals surface area contributed by atoms with Crippen molar-refractivity contribution in [1.29, 1.82) is 0 Å². The van der Waals surface area contributed by atoms with Crippen LogP contribution in [0, 0.1) is 0 Å². The summed E-state index contributed by atoms with van der Waals surface area (Å²) >= 11 is 9.40. The third kappa shape index (κ3) is 2.53. The maximum Gasteiger partial charge on any atom is 0.0549 e. The second kappa shape index (κ2) is 4.94. The minimum atomic E-state index is 0.0905. The van der Waals surface area contributed by atoms with Crippen molar-refractivity contribution in [3.8, 4) is 0 Å². The zero-order chi connectivity index (χ0) is 11.6. The third-order valence-corrected chi connectivity index (χ3v) is 4.49. The molecule has 0 radical (unpaired) electrons. The van der Waals surface area contributed by atoms with Gasteiger partial charge in [-0.2, -0.15) is 0 Å². The van der Waals surface area contributed by atoms with E-state index < -0.39 is 0 Å². The molecule has 1 saturated carbocycles. The number of anilines is 1. The lowest BCUT2D eigenvalue weighted by molar-refractivity contribution is 0.493. The summed E-state index contributed by atoms with van der Waals surface area (Å²) in [6.45, 7) is 0.688. The van der Waals surface area contributed by atoms with Crippen LogP contribution < -0.4 is 11.1 Å². The fraction of sp³-hybridized carbons (Fsp3) is 0.500. The number of hydrogen-bond donors (Lipinski definition) is 2. The molecular weight excluding hydrogens is 288 g/mol. The summed E-state index contributed by atoms with van der Waals surface area (Å²) < 4.78 is 0.921. The normalized spacial score (nSPS) is 18.7. The minimum absolute atomic E-state index is 0.0905. The molecule has 0 amide bonds. The second-order valence-corrected chi connectivity index (χ2v) is 5.71. The van der Waals surface area contributed by atoms with Gasteiger partial charge in [0.25, 0.3) is 0 Å². The van der Waals surface area contributed by atoms with Crippen molar-refractivity contribution >= 4 is 33.2 Å². The topological polar surface area (TPSA) is 38.0 Å². The smallest absolute Gasteiger partial charge is 0.0549 e. The quantitative estimate of drug-likeness (QED) is 0.891. The molecule has 16 heavy (non-hydrogen) atoms. The van der Waals surface area contributed by atoms with E-state index in [1.807, 2.05) is 18.2 Å². The molecule has 2 rings (SSSR count). The van der Waals surface area contributed by atoms with Crippen molar-refractivity contribution in [2.45, 2.75) is 31.2 Å². The molecule has 0 heterocycles. The molecule has 1 aliphatic carbocycles. The van der Waals surface area contributed by atoms with Crippen molar-refractivity contribution in [2.24, 2.45) is 5.73 Å². The molecule has 0 atom stereocenters. The average molecular weight is 304 g/mol. The zero-order valence-corrected chi connectivity index (χ0v) is 11.4. The van der Waals surface area contributed by atoms with E-state index >= 15 is 0 Å². The van der Waals surface area contributed by atoms with Gasteiger partial charge >= 0.3 is 0 Å². The molecule has 0 aromatic heterocycles. The van der Waals surface area contributed by atoms with E-state index in [1.165, 1.54) is 12.8 Å². The molecule has 1 aromatic carbocycles. The highest BCUT2D eigenvalue weighted by Gasteiger charge is 2.32. The van der Waals surface area contributed by atoms with Gasteiger partial charge in [-0.1, -0.05) is 24.4 Å². The summed E-state index contributed by atoms with van der Waals surface area (Å²) in [5.41, 5.74) is 7.06. The van der Waals surface area contributed by atoms with E-state index in [-0.39, 0.29) is 5.54 Å². The Kier molecular flexibility index (Phi) is 3.77. The number of nitrogens with two attached hydrogens (primary N) is 1. The van der Waals surface area contributed by atoms with Crippen LogP contribution in [0.25, 0.3) is 0 Å². The molecule has 0 aliphatic heterocycles. The van der Waals surface area contributed by atoms with Gasteiger partial charge in [0.2, 0.25) is 0 Å². The lowest BCUT2D eigenvalue weighted by Gasteiger charge is -2.30. The van der Waals surface area contributed by atoms with Gasteiger partial charge in [0.1, 0.15) is 0 Å². The van der Waals surface area contributed by atoms with Crippen LogP contribution in [0.1, 0.15) is 25.7 Å². The van der Waals surface area contributed by atoms with Crippen molar-refractivity contribution in [3.05, 3.63) is 27.7 Å². The minimum Gasteiger partial charge on any atom is -0.378 e. The predicted octanol–water partition coefficient (Wildman–Crippen LogP) is 3.79. The summed E-state index contributed by atoms with van der Waals surface area (Å²) in [7, 11) is 0. The van der Waals surface area contributed by atoms with Crippen molar-refractivity contribution in [1.82, 2.24) is 0 Å². The van der Waals surface area contributed by atoms with Crippen LogP contribution in [0.15, 0.2) is 22.7 Å². The van der Waals surface area contributed by atoms with Gasteiger partial charge in [0, 0.05) is 22.2 Å². The SMILES string of the molecule is NCC1(Nc2ccc(Cl)c(Br)c2)CCCC1. The van der Waals surface area contributed by atoms with Crippen LogP contribution >= 0.6 is 27.5 Å². The Bertz CT molecular complexity index is 375. The Labute approximate surface area is 110 Å². The van der Waals surface area contributed by atoms with Gasteiger partial charge in [-0.05, 0) is 47.0 Å². The number of nitrogens with one attached hydrogen (secondary N) is 1. The molecule has 3 N–H and O–H groups in total. The first-order valence-electron chi connectivity index (χ1n) is 5.58. The summed E-state index contributed by atoms with van der Waals surface area (Å²) in [4.78, 5) is 0. The van der Waals surface area contributed by atoms with Crippen molar-refractivity contribution in [3.63, 3.8) is 0 Å². The van der Waals surface area contributed by atoms with E-state index in [9.17, 15) is 0 Å². The fourth-order valence-corrected chi connectivity index (χ4v) is 2.81. The molecule has 0 unspecified atom stereocenters. The standard InChI is InChI=1S/C12H16BrClN2/c13-10-7-9(3-4-11(10)14)16-12(8-15)5-1-2-6-12/h3-4,7,16H,1-2,5-6,8,15H2. The molecular formula is C12H16BrClN2. The summed E-state index contributed by atoms with van der Waals surface area (Å²) in [5.74, 6) is 0. The molecule has 1 aliphatic rings. The largest absolute Gasteiger partial charge is 0.378 e. The number of rotatable bonds is 3. The van der Waals surface area contributed by atoms with Crippen LogP contribution in [0.5, 0.6) is 0 Å². The van der Waals surface area contributed by atoms with Gasteiger partial charge in [0.05, 0.1) is 5.02 Å². The number of benzene rings is 1. The van der Waals surface area contributed by atoms with E-state index in [0.717, 1.165) is 28.0 Å². The number of hydrogen-bond acceptors (Lipinski definition) is 2. The van der Waals surface area contributed by atoms with E-state index in [1.54, 1.807) is 0 Å². The first kappa shape index (κ1) is 12.2. The molecule has 0 bridgehead atoms. The molecule has 0 spiro atoms. The highest BCUT2D eigenvalue weighted by atomic mass is 79.9. The van der Waals surface area contributed by atoms with Crippen LogP contribution in [0.4, 0.5) is 5.69 Å².